The Morgan fingerprint density at radius 1 is 1.41 bits per heavy atom. The van der Waals surface area contributed by atoms with E-state index in [9.17, 15) is 0 Å². The van der Waals surface area contributed by atoms with Gasteiger partial charge < -0.3 is 15.2 Å². The summed E-state index contributed by atoms with van der Waals surface area (Å²) in [6, 6.07) is 1.92. The van der Waals surface area contributed by atoms with Crippen LogP contribution >= 0.6 is 0 Å². The third-order valence-electron chi connectivity index (χ3n) is 2.39. The predicted octanol–water partition coefficient (Wildman–Crippen LogP) is 0.878. The Kier molecular flexibility index (Phi) is 5.18. The van der Waals surface area contributed by atoms with Gasteiger partial charge in [-0.05, 0) is 14.0 Å². The zero-order chi connectivity index (χ0) is 12.8. The van der Waals surface area contributed by atoms with Gasteiger partial charge in [0.05, 0.1) is 14.2 Å². The van der Waals surface area contributed by atoms with E-state index < -0.39 is 0 Å². The number of pyridine rings is 1. The van der Waals surface area contributed by atoms with Crippen LogP contribution in [0.2, 0.25) is 0 Å². The summed E-state index contributed by atoms with van der Waals surface area (Å²) < 4.78 is 10.6. The molecule has 2 N–H and O–H groups in total. The fraction of sp³-hybridized carbons (Fsp3) is 0.583. The van der Waals surface area contributed by atoms with Crippen LogP contribution in [0.1, 0.15) is 12.6 Å². The molecule has 0 amide bonds. The summed E-state index contributed by atoms with van der Waals surface area (Å²) in [6.45, 7) is 3.47. The van der Waals surface area contributed by atoms with Crippen LogP contribution in [0.5, 0.6) is 11.5 Å². The van der Waals surface area contributed by atoms with Crippen molar-refractivity contribution in [2.75, 3.05) is 27.8 Å². The van der Waals surface area contributed by atoms with Crippen molar-refractivity contribution in [3.05, 3.63) is 18.0 Å². The summed E-state index contributed by atoms with van der Waals surface area (Å²) in [4.78, 5) is 6.42. The van der Waals surface area contributed by atoms with Crippen LogP contribution in [0.3, 0.4) is 0 Å². The Morgan fingerprint density at radius 2 is 2.12 bits per heavy atom. The second-order valence-electron chi connectivity index (χ2n) is 4.17. The molecule has 96 valence electrons. The van der Waals surface area contributed by atoms with E-state index in [1.165, 1.54) is 0 Å². The van der Waals surface area contributed by atoms with Gasteiger partial charge in [-0.3, -0.25) is 9.88 Å². The Balaban J connectivity index is 2.83. The van der Waals surface area contributed by atoms with E-state index in [1.54, 1.807) is 26.5 Å². The van der Waals surface area contributed by atoms with Gasteiger partial charge in [-0.25, -0.2) is 0 Å². The molecular formula is C12H21N3O2. The second-order valence-corrected chi connectivity index (χ2v) is 4.17. The summed E-state index contributed by atoms with van der Waals surface area (Å²) >= 11 is 0. The van der Waals surface area contributed by atoms with Crippen LogP contribution in [0.15, 0.2) is 12.3 Å². The average Bonchev–Trinajstić information content (AvgIpc) is 2.27. The minimum atomic E-state index is 0.136. The number of hydrogen-bond donors (Lipinski definition) is 1. The first-order valence-corrected chi connectivity index (χ1v) is 5.58. The SMILES string of the molecule is COc1ccnc(CN(C)CC(C)N)c1OC. The molecule has 0 saturated heterocycles. The number of likely N-dealkylation sites (N-methyl/N-ethyl adjacent to an activating group) is 1. The normalized spacial score (nSPS) is 12.6. The first-order chi connectivity index (χ1) is 8.08. The van der Waals surface area contributed by atoms with Crippen molar-refractivity contribution in [1.29, 1.82) is 0 Å². The molecule has 0 aliphatic heterocycles. The smallest absolute Gasteiger partial charge is 0.183 e. The topological polar surface area (TPSA) is 60.6 Å². The van der Waals surface area contributed by atoms with Crippen LogP contribution in [-0.2, 0) is 6.54 Å². The molecule has 17 heavy (non-hydrogen) atoms. The number of rotatable bonds is 6. The monoisotopic (exact) mass is 239 g/mol. The second kappa shape index (κ2) is 6.42. The molecular weight excluding hydrogens is 218 g/mol. The van der Waals surface area contributed by atoms with E-state index in [0.717, 1.165) is 12.2 Å². The van der Waals surface area contributed by atoms with Gasteiger partial charge in [0.1, 0.15) is 5.69 Å². The summed E-state index contributed by atoms with van der Waals surface area (Å²) in [7, 11) is 5.24. The summed E-state index contributed by atoms with van der Waals surface area (Å²) in [5.41, 5.74) is 6.61. The van der Waals surface area contributed by atoms with Crippen molar-refractivity contribution in [2.45, 2.75) is 19.5 Å². The maximum Gasteiger partial charge on any atom is 0.183 e. The maximum absolute atomic E-state index is 5.76. The highest BCUT2D eigenvalue weighted by Crippen LogP contribution is 2.29. The Morgan fingerprint density at radius 3 is 2.65 bits per heavy atom. The summed E-state index contributed by atoms with van der Waals surface area (Å²) in [6.07, 6.45) is 1.72. The van der Waals surface area contributed by atoms with Crippen LogP contribution in [0.4, 0.5) is 0 Å². The van der Waals surface area contributed by atoms with Crippen LogP contribution in [0, 0.1) is 0 Å². The van der Waals surface area contributed by atoms with Crippen LogP contribution in [-0.4, -0.2) is 43.7 Å². The molecule has 0 saturated carbocycles. The van der Waals surface area contributed by atoms with E-state index in [1.807, 2.05) is 14.0 Å². The molecule has 0 aromatic carbocycles. The van der Waals surface area contributed by atoms with E-state index in [4.69, 9.17) is 15.2 Å². The number of nitrogens with two attached hydrogens (primary N) is 1. The van der Waals surface area contributed by atoms with Crippen molar-refractivity contribution < 1.29 is 9.47 Å². The van der Waals surface area contributed by atoms with Crippen LogP contribution < -0.4 is 15.2 Å². The molecule has 1 aromatic rings. The highest BCUT2D eigenvalue weighted by atomic mass is 16.5. The molecule has 5 nitrogen and oxygen atoms in total. The molecule has 0 aliphatic carbocycles. The van der Waals surface area contributed by atoms with Gasteiger partial charge in [0.25, 0.3) is 0 Å². The quantitative estimate of drug-likeness (QED) is 0.798. The lowest BCUT2D eigenvalue weighted by molar-refractivity contribution is 0.292. The van der Waals surface area contributed by atoms with Crippen molar-refractivity contribution >= 4 is 0 Å². The zero-order valence-electron chi connectivity index (χ0n) is 10.9. The van der Waals surface area contributed by atoms with Gasteiger partial charge in [0.2, 0.25) is 0 Å². The van der Waals surface area contributed by atoms with Crippen molar-refractivity contribution in [1.82, 2.24) is 9.88 Å². The van der Waals surface area contributed by atoms with Gasteiger partial charge in [0.15, 0.2) is 11.5 Å². The summed E-state index contributed by atoms with van der Waals surface area (Å²) in [5.74, 6) is 1.39. The van der Waals surface area contributed by atoms with Gasteiger partial charge in [-0.2, -0.15) is 0 Å². The number of hydrogen-bond acceptors (Lipinski definition) is 5. The third-order valence-corrected chi connectivity index (χ3v) is 2.39. The van der Waals surface area contributed by atoms with Gasteiger partial charge in [-0.15, -0.1) is 0 Å². The fourth-order valence-electron chi connectivity index (χ4n) is 1.78. The highest BCUT2D eigenvalue weighted by molar-refractivity contribution is 5.42. The standard InChI is InChI=1S/C12H21N3O2/c1-9(13)7-15(2)8-10-12(17-4)11(16-3)5-6-14-10/h5-6,9H,7-8,13H2,1-4H3. The molecule has 1 unspecified atom stereocenters. The van der Waals surface area contributed by atoms with Crippen molar-refractivity contribution in [2.24, 2.45) is 5.73 Å². The maximum atomic E-state index is 5.76. The molecule has 1 heterocycles. The number of methoxy groups -OCH3 is 2. The molecule has 1 aromatic heterocycles. The number of aromatic nitrogens is 1. The average molecular weight is 239 g/mol. The Bertz CT molecular complexity index is 356. The highest BCUT2D eigenvalue weighted by Gasteiger charge is 2.13. The van der Waals surface area contributed by atoms with E-state index in [-0.39, 0.29) is 6.04 Å². The van der Waals surface area contributed by atoms with Crippen molar-refractivity contribution in [3.8, 4) is 11.5 Å². The molecule has 1 rings (SSSR count). The zero-order valence-corrected chi connectivity index (χ0v) is 10.9. The van der Waals surface area contributed by atoms with E-state index in [2.05, 4.69) is 9.88 Å². The predicted molar refractivity (Wildman–Crippen MR) is 67.3 cm³/mol. The molecule has 0 radical (unpaired) electrons. The minimum absolute atomic E-state index is 0.136. The third kappa shape index (κ3) is 3.87. The summed E-state index contributed by atoms with van der Waals surface area (Å²) in [5, 5.41) is 0. The molecule has 1 atom stereocenters. The largest absolute Gasteiger partial charge is 0.493 e. The van der Waals surface area contributed by atoms with E-state index in [0.29, 0.717) is 18.0 Å². The number of nitrogens with zero attached hydrogens (tertiary/aromatic N) is 2. The van der Waals surface area contributed by atoms with E-state index >= 15 is 0 Å². The lowest BCUT2D eigenvalue weighted by atomic mass is 10.2. The van der Waals surface area contributed by atoms with Gasteiger partial charge in [0, 0.05) is 31.4 Å². The Labute approximate surface area is 103 Å². The first kappa shape index (κ1) is 13.7. The van der Waals surface area contributed by atoms with Gasteiger partial charge >= 0.3 is 0 Å². The lowest BCUT2D eigenvalue weighted by Gasteiger charge is -2.20. The molecule has 0 aliphatic rings. The first-order valence-electron chi connectivity index (χ1n) is 5.58. The Hall–Kier alpha value is -1.33. The number of ether oxygens (including phenoxy) is 2. The van der Waals surface area contributed by atoms with Gasteiger partial charge in [-0.1, -0.05) is 0 Å². The van der Waals surface area contributed by atoms with Crippen molar-refractivity contribution in [3.63, 3.8) is 0 Å². The minimum Gasteiger partial charge on any atom is -0.493 e. The molecule has 0 spiro atoms. The molecule has 0 bridgehead atoms. The molecule has 5 heteroatoms. The molecule has 0 fully saturated rings. The van der Waals surface area contributed by atoms with Crippen LogP contribution in [0.25, 0.3) is 0 Å². The fourth-order valence-corrected chi connectivity index (χ4v) is 1.78. The lowest BCUT2D eigenvalue weighted by Crippen LogP contribution is -2.32.